The minimum atomic E-state index is -2.33. The third kappa shape index (κ3) is 2.85. The molecule has 2 N–H and O–H groups in total. The Hall–Kier alpha value is -2.62. The summed E-state index contributed by atoms with van der Waals surface area (Å²) in [5.74, 6) is -8.49. The largest absolute Gasteiger partial charge is 0.481 e. The van der Waals surface area contributed by atoms with Gasteiger partial charge in [-0.2, -0.15) is 0 Å². The van der Waals surface area contributed by atoms with Crippen LogP contribution < -0.4 is 0 Å². The zero-order chi connectivity index (χ0) is 23.2. The van der Waals surface area contributed by atoms with Gasteiger partial charge in [-0.1, -0.05) is 60.4 Å². The van der Waals surface area contributed by atoms with E-state index in [0.29, 0.717) is 0 Å². The van der Waals surface area contributed by atoms with E-state index in [4.69, 9.17) is 13.7 Å². The molecular formula is C16H14O4. The van der Waals surface area contributed by atoms with Crippen molar-refractivity contribution in [2.75, 3.05) is 0 Å². The van der Waals surface area contributed by atoms with Crippen LogP contribution in [0.15, 0.2) is 60.4 Å². The molecule has 2 aromatic carbocycles. The van der Waals surface area contributed by atoms with Crippen molar-refractivity contribution in [3.8, 4) is 0 Å². The van der Waals surface area contributed by atoms with E-state index >= 15 is 0 Å². The number of hydrogen-bond donors (Lipinski definition) is 2. The van der Waals surface area contributed by atoms with E-state index in [-0.39, 0.29) is 0 Å². The highest BCUT2D eigenvalue weighted by Gasteiger charge is 2.36. The molecule has 2 aromatic rings. The fourth-order valence-corrected chi connectivity index (χ4v) is 1.70. The predicted octanol–water partition coefficient (Wildman–Crippen LogP) is 2.72. The molecular weight excluding hydrogens is 256 g/mol. The molecule has 4 nitrogen and oxygen atoms in total. The summed E-state index contributed by atoms with van der Waals surface area (Å²) in [6, 6.07) is -9.12. The Labute approximate surface area is 130 Å². The molecule has 0 amide bonds. The van der Waals surface area contributed by atoms with Crippen molar-refractivity contribution in [2.24, 2.45) is 0 Å². The van der Waals surface area contributed by atoms with E-state index in [1.165, 1.54) is 0 Å². The standard InChI is InChI=1S/C16H14O4/c17-15(18)13(11-7-3-1-4-8-11)14(16(19)20)12-9-5-2-6-10-12/h1-10,13-14H,(H,17,18)(H,19,20)/t13-,14-/m1/s1/i1D,2D,3D,4D,5D,6D,7D,8D,9D,10D. The predicted molar refractivity (Wildman–Crippen MR) is 73.6 cm³/mol. The summed E-state index contributed by atoms with van der Waals surface area (Å²) in [4.78, 5) is 24.1. The summed E-state index contributed by atoms with van der Waals surface area (Å²) in [5, 5.41) is 19.5. The Kier molecular flexibility index (Phi) is 1.74. The number of carboxylic acid groups (broad SMARTS) is 2. The van der Waals surface area contributed by atoms with Gasteiger partial charge in [0.1, 0.15) is 0 Å². The number of benzene rings is 2. The van der Waals surface area contributed by atoms with Crippen molar-refractivity contribution in [3.63, 3.8) is 0 Å². The first-order valence-corrected chi connectivity index (χ1v) is 5.34. The number of rotatable bonds is 5. The van der Waals surface area contributed by atoms with Crippen molar-refractivity contribution in [1.29, 1.82) is 0 Å². The highest BCUT2D eigenvalue weighted by molar-refractivity contribution is 5.88. The van der Waals surface area contributed by atoms with Crippen LogP contribution in [0.3, 0.4) is 0 Å². The lowest BCUT2D eigenvalue weighted by molar-refractivity contribution is -0.147. The molecule has 0 saturated heterocycles. The molecule has 0 heterocycles. The van der Waals surface area contributed by atoms with Gasteiger partial charge >= 0.3 is 11.9 Å². The molecule has 2 atom stereocenters. The molecule has 20 heavy (non-hydrogen) atoms. The maximum Gasteiger partial charge on any atom is 0.312 e. The Morgan fingerprint density at radius 3 is 1.30 bits per heavy atom. The van der Waals surface area contributed by atoms with E-state index in [1.54, 1.807) is 0 Å². The van der Waals surface area contributed by atoms with Crippen molar-refractivity contribution >= 4 is 11.9 Å². The molecule has 4 heteroatoms. The Morgan fingerprint density at radius 2 is 1.05 bits per heavy atom. The third-order valence-electron chi connectivity index (χ3n) is 2.53. The fourth-order valence-electron chi connectivity index (χ4n) is 1.70. The van der Waals surface area contributed by atoms with E-state index < -0.39 is 95.3 Å². The summed E-state index contributed by atoms with van der Waals surface area (Å²) in [5.41, 5.74) is -1.74. The SMILES string of the molecule is [2H]c1c([2H])c([2H])c([C@@H](C(=O)O)[C@H](C(=O)O)c2c([2H])c([2H])c([2H])c([2H])c2[2H])c([2H])c1[2H]. The van der Waals surface area contributed by atoms with Gasteiger partial charge in [0, 0.05) is 0 Å². The molecule has 0 aliphatic heterocycles. The average molecular weight is 280 g/mol. The second kappa shape index (κ2) is 6.02. The molecule has 0 fully saturated rings. The van der Waals surface area contributed by atoms with Crippen LogP contribution in [0.25, 0.3) is 0 Å². The van der Waals surface area contributed by atoms with Crippen LogP contribution in [-0.2, 0) is 9.59 Å². The van der Waals surface area contributed by atoms with Gasteiger partial charge < -0.3 is 10.2 Å². The summed E-state index contributed by atoms with van der Waals surface area (Å²) in [6.07, 6.45) is 0. The Morgan fingerprint density at radius 1 is 0.750 bits per heavy atom. The Bertz CT molecular complexity index is 941. The topological polar surface area (TPSA) is 74.6 Å². The number of carbonyl (C=O) groups is 2. The van der Waals surface area contributed by atoms with Crippen molar-refractivity contribution in [1.82, 2.24) is 0 Å². The quantitative estimate of drug-likeness (QED) is 0.883. The Balaban J connectivity index is 2.99. The summed E-state index contributed by atoms with van der Waals surface area (Å²) in [7, 11) is 0. The van der Waals surface area contributed by atoms with Crippen LogP contribution >= 0.6 is 0 Å². The molecule has 2 rings (SSSR count). The average Bonchev–Trinajstić information content (AvgIpc) is 2.68. The van der Waals surface area contributed by atoms with Crippen molar-refractivity contribution < 1.29 is 33.5 Å². The summed E-state index contributed by atoms with van der Waals surface area (Å²) >= 11 is 0. The highest BCUT2D eigenvalue weighted by Crippen LogP contribution is 2.33. The van der Waals surface area contributed by atoms with E-state index in [9.17, 15) is 19.8 Å². The van der Waals surface area contributed by atoms with Gasteiger partial charge in [0.2, 0.25) is 0 Å². The number of carboxylic acids is 2. The van der Waals surface area contributed by atoms with Crippen LogP contribution in [0, 0.1) is 0 Å². The first kappa shape index (κ1) is 5.79. The molecule has 0 saturated carbocycles. The second-order valence-corrected chi connectivity index (χ2v) is 3.71. The monoisotopic (exact) mass is 280 g/mol. The zero-order valence-electron chi connectivity index (χ0n) is 19.9. The first-order valence-electron chi connectivity index (χ1n) is 10.3. The summed E-state index contributed by atoms with van der Waals surface area (Å²) < 4.78 is 77.8. The van der Waals surface area contributed by atoms with Gasteiger partial charge in [-0.3, -0.25) is 9.59 Å². The molecule has 102 valence electrons. The fraction of sp³-hybridized carbons (Fsp3) is 0.125. The minimum absolute atomic E-state index is 0.826. The maximum atomic E-state index is 12.0. The van der Waals surface area contributed by atoms with Gasteiger partial charge in [0.05, 0.1) is 25.5 Å². The van der Waals surface area contributed by atoms with Crippen LogP contribution in [0.1, 0.15) is 36.7 Å². The first-order chi connectivity index (χ1) is 13.7. The van der Waals surface area contributed by atoms with Gasteiger partial charge in [-0.05, 0) is 11.1 Å². The van der Waals surface area contributed by atoms with Crippen LogP contribution in [0.2, 0.25) is 0 Å². The molecule has 0 aromatic heterocycles. The van der Waals surface area contributed by atoms with E-state index in [0.717, 1.165) is 0 Å². The molecule has 0 bridgehead atoms. The third-order valence-corrected chi connectivity index (χ3v) is 2.53. The maximum absolute atomic E-state index is 12.0. The van der Waals surface area contributed by atoms with E-state index in [2.05, 4.69) is 0 Å². The van der Waals surface area contributed by atoms with Crippen LogP contribution in [0.5, 0.6) is 0 Å². The van der Waals surface area contributed by atoms with Crippen LogP contribution in [-0.4, -0.2) is 22.2 Å². The molecule has 0 radical (unpaired) electrons. The van der Waals surface area contributed by atoms with Gasteiger partial charge in [-0.25, -0.2) is 0 Å². The van der Waals surface area contributed by atoms with Gasteiger partial charge in [-0.15, -0.1) is 0 Å². The lowest BCUT2D eigenvalue weighted by Crippen LogP contribution is -2.26. The molecule has 0 unspecified atom stereocenters. The number of hydrogen-bond acceptors (Lipinski definition) is 2. The van der Waals surface area contributed by atoms with Gasteiger partial charge in [0.15, 0.2) is 0 Å². The lowest BCUT2D eigenvalue weighted by atomic mass is 9.81. The van der Waals surface area contributed by atoms with Crippen LogP contribution in [0.4, 0.5) is 0 Å². The van der Waals surface area contributed by atoms with E-state index in [1.807, 2.05) is 0 Å². The minimum Gasteiger partial charge on any atom is -0.481 e. The molecule has 0 aliphatic carbocycles. The van der Waals surface area contributed by atoms with Gasteiger partial charge in [0.25, 0.3) is 0 Å². The lowest BCUT2D eigenvalue weighted by Gasteiger charge is -2.21. The number of aliphatic carboxylic acids is 2. The van der Waals surface area contributed by atoms with Crippen molar-refractivity contribution in [2.45, 2.75) is 11.8 Å². The highest BCUT2D eigenvalue weighted by atomic mass is 16.4. The normalized spacial score (nSPS) is 20.4. The second-order valence-electron chi connectivity index (χ2n) is 3.71. The zero-order valence-corrected chi connectivity index (χ0v) is 9.87. The summed E-state index contributed by atoms with van der Waals surface area (Å²) in [6.45, 7) is 0. The smallest absolute Gasteiger partial charge is 0.312 e. The molecule has 0 spiro atoms. The molecule has 0 aliphatic rings. The van der Waals surface area contributed by atoms with Crippen molar-refractivity contribution in [3.05, 3.63) is 71.6 Å².